The van der Waals surface area contributed by atoms with E-state index in [1.165, 1.54) is 19.3 Å². The minimum Gasteiger partial charge on any atom is -0.441 e. The molecule has 0 bridgehead atoms. The minimum atomic E-state index is -0.0472. The summed E-state index contributed by atoms with van der Waals surface area (Å²) in [5, 5.41) is 12.8. The standard InChI is InChI=1S/C40H56N6O4S/c1-27-24-29(12-6-3-4-11-21-41-36(47)16-10-9-15-35-37-34(26-51-35)44-40(49)45-37)17-18-32(27)39-43-33(28(2)50-39)25-46-22-19-30(20-23-46)38(48)42-31-13-7-5-8-14-31/h17-18,24,30-31,34-35,37H,3-5,7-11,13-16,19-23,25-26H2,1-2H3,(H,41,47)(H,42,48)(H2,44,45,49)/t34-,35-,37-/m1/s1. The van der Waals surface area contributed by atoms with Crippen LogP contribution in [0, 0.1) is 31.6 Å². The third-order valence-electron chi connectivity index (χ3n) is 11.0. The number of aryl methyl sites for hydroxylation is 2. The van der Waals surface area contributed by atoms with Gasteiger partial charge in [-0.1, -0.05) is 37.5 Å². The molecule has 1 aromatic heterocycles. The number of likely N-dealkylation sites (tertiary alicyclic amines) is 1. The summed E-state index contributed by atoms with van der Waals surface area (Å²) in [5.41, 5.74) is 4.00. The van der Waals surface area contributed by atoms with Crippen molar-refractivity contribution in [3.63, 3.8) is 0 Å². The number of rotatable bonds is 14. The molecule has 3 aliphatic heterocycles. The van der Waals surface area contributed by atoms with Crippen molar-refractivity contribution in [2.45, 2.75) is 134 Å². The summed E-state index contributed by atoms with van der Waals surface area (Å²) >= 11 is 1.92. The number of unbranched alkanes of at least 4 members (excludes halogenated alkanes) is 3. The number of benzene rings is 1. The van der Waals surface area contributed by atoms with Crippen molar-refractivity contribution in [2.75, 3.05) is 25.4 Å². The van der Waals surface area contributed by atoms with E-state index < -0.39 is 0 Å². The van der Waals surface area contributed by atoms with E-state index in [4.69, 9.17) is 9.40 Å². The van der Waals surface area contributed by atoms with Crippen LogP contribution in [-0.4, -0.2) is 76.5 Å². The van der Waals surface area contributed by atoms with Crippen LogP contribution in [0.5, 0.6) is 0 Å². The molecule has 6 rings (SSSR count). The SMILES string of the molecule is Cc1cc(C#CCCCCNC(=O)CCCC[C@H]2SC[C@H]3NC(=O)N[C@H]32)ccc1-c1nc(CN2CCC(C(=O)NC3CCCCC3)CC2)c(C)o1. The van der Waals surface area contributed by atoms with Crippen molar-refractivity contribution in [2.24, 2.45) is 5.92 Å². The summed E-state index contributed by atoms with van der Waals surface area (Å²) in [6.45, 7) is 7.27. The first-order valence-corrected chi connectivity index (χ1v) is 20.4. The third-order valence-corrected chi connectivity index (χ3v) is 12.5. The van der Waals surface area contributed by atoms with Crippen molar-refractivity contribution in [3.05, 3.63) is 40.8 Å². The molecule has 276 valence electrons. The maximum absolute atomic E-state index is 12.8. The molecule has 10 nitrogen and oxygen atoms in total. The quantitative estimate of drug-likeness (QED) is 0.108. The van der Waals surface area contributed by atoms with Gasteiger partial charge in [0.25, 0.3) is 0 Å². The largest absolute Gasteiger partial charge is 0.441 e. The molecule has 1 aromatic carbocycles. The first-order chi connectivity index (χ1) is 24.8. The van der Waals surface area contributed by atoms with Crippen LogP contribution in [0.2, 0.25) is 0 Å². The van der Waals surface area contributed by atoms with Crippen molar-refractivity contribution in [1.82, 2.24) is 31.2 Å². The van der Waals surface area contributed by atoms with Crippen LogP contribution >= 0.6 is 11.8 Å². The van der Waals surface area contributed by atoms with E-state index in [-0.39, 0.29) is 35.8 Å². The fraction of sp³-hybridized carbons (Fsp3) is 0.650. The lowest BCUT2D eigenvalue weighted by atomic mass is 9.92. The van der Waals surface area contributed by atoms with Gasteiger partial charge >= 0.3 is 6.03 Å². The Hall–Kier alpha value is -3.49. The molecule has 4 fully saturated rings. The summed E-state index contributed by atoms with van der Waals surface area (Å²) < 4.78 is 6.14. The Labute approximate surface area is 307 Å². The zero-order valence-electron chi connectivity index (χ0n) is 30.5. The second-order valence-electron chi connectivity index (χ2n) is 14.9. The average molecular weight is 717 g/mol. The summed E-state index contributed by atoms with van der Waals surface area (Å²) in [5.74, 6) is 9.53. The third kappa shape index (κ3) is 10.5. The van der Waals surface area contributed by atoms with Crippen molar-refractivity contribution < 1.29 is 18.8 Å². The van der Waals surface area contributed by atoms with Crippen LogP contribution in [0.25, 0.3) is 11.5 Å². The van der Waals surface area contributed by atoms with Crippen LogP contribution in [0.15, 0.2) is 22.6 Å². The highest BCUT2D eigenvalue weighted by atomic mass is 32.2. The van der Waals surface area contributed by atoms with Crippen LogP contribution in [0.4, 0.5) is 4.79 Å². The number of fused-ring (bicyclic) bond motifs is 1. The lowest BCUT2D eigenvalue weighted by molar-refractivity contribution is -0.127. The number of carbonyl (C=O) groups is 3. The summed E-state index contributed by atoms with van der Waals surface area (Å²) in [7, 11) is 0. The molecular weight excluding hydrogens is 661 g/mol. The summed E-state index contributed by atoms with van der Waals surface area (Å²) in [4.78, 5) is 43.9. The fourth-order valence-corrected chi connectivity index (χ4v) is 9.44. The van der Waals surface area contributed by atoms with E-state index in [0.717, 1.165) is 118 Å². The number of hydrogen-bond acceptors (Lipinski definition) is 7. The molecule has 0 radical (unpaired) electrons. The summed E-state index contributed by atoms with van der Waals surface area (Å²) in [6.07, 6.45) is 13.9. The van der Waals surface area contributed by atoms with E-state index in [9.17, 15) is 14.4 Å². The van der Waals surface area contributed by atoms with E-state index in [1.54, 1.807) is 0 Å². The Morgan fingerprint density at radius 2 is 1.86 bits per heavy atom. The molecule has 4 heterocycles. The highest BCUT2D eigenvalue weighted by molar-refractivity contribution is 8.00. The number of urea groups is 1. The van der Waals surface area contributed by atoms with E-state index >= 15 is 0 Å². The molecule has 0 unspecified atom stereocenters. The minimum absolute atomic E-state index is 0.0472. The Bertz CT molecular complexity index is 1570. The molecule has 1 saturated carbocycles. The van der Waals surface area contributed by atoms with Gasteiger partial charge in [0.1, 0.15) is 5.76 Å². The number of oxazole rings is 1. The number of carbonyl (C=O) groups excluding carboxylic acids is 3. The number of nitrogens with one attached hydrogen (secondary N) is 4. The second kappa shape index (κ2) is 18.3. The van der Waals surface area contributed by atoms with E-state index in [0.29, 0.717) is 30.1 Å². The zero-order valence-corrected chi connectivity index (χ0v) is 31.3. The highest BCUT2D eigenvalue weighted by Crippen LogP contribution is 2.33. The molecule has 4 N–H and O–H groups in total. The van der Waals surface area contributed by atoms with Gasteiger partial charge in [-0.3, -0.25) is 14.5 Å². The Balaban J connectivity index is 0.853. The topological polar surface area (TPSA) is 129 Å². The maximum atomic E-state index is 12.8. The number of nitrogens with zero attached hydrogens (tertiary/aromatic N) is 2. The zero-order chi connectivity index (χ0) is 35.6. The van der Waals surface area contributed by atoms with E-state index in [2.05, 4.69) is 51.0 Å². The number of thioether (sulfide) groups is 1. The summed E-state index contributed by atoms with van der Waals surface area (Å²) in [6, 6.07) is 6.99. The predicted molar refractivity (Wildman–Crippen MR) is 202 cm³/mol. The van der Waals surface area contributed by atoms with Crippen LogP contribution in [0.1, 0.15) is 112 Å². The van der Waals surface area contributed by atoms with Gasteiger partial charge < -0.3 is 25.7 Å². The predicted octanol–water partition coefficient (Wildman–Crippen LogP) is 5.98. The normalized spacial score (nSPS) is 22.5. The van der Waals surface area contributed by atoms with Gasteiger partial charge in [-0.2, -0.15) is 11.8 Å². The average Bonchev–Trinajstić information content (AvgIpc) is 3.80. The molecule has 11 heteroatoms. The van der Waals surface area contributed by atoms with Gasteiger partial charge in [-0.05, 0) is 102 Å². The number of aromatic nitrogens is 1. The van der Waals surface area contributed by atoms with Gasteiger partial charge in [0, 0.05) is 60.0 Å². The molecule has 3 atom stereocenters. The van der Waals surface area contributed by atoms with Gasteiger partial charge in [-0.25, -0.2) is 9.78 Å². The van der Waals surface area contributed by atoms with Crippen LogP contribution in [-0.2, 0) is 16.1 Å². The molecular formula is C40H56N6O4S. The molecule has 4 amide bonds. The van der Waals surface area contributed by atoms with Gasteiger partial charge in [0.15, 0.2) is 0 Å². The molecule has 51 heavy (non-hydrogen) atoms. The van der Waals surface area contributed by atoms with Gasteiger partial charge in [0.2, 0.25) is 17.7 Å². The lowest BCUT2D eigenvalue weighted by Gasteiger charge is -2.32. The van der Waals surface area contributed by atoms with Crippen LogP contribution < -0.4 is 21.3 Å². The maximum Gasteiger partial charge on any atom is 0.315 e. The number of hydrogen-bond donors (Lipinski definition) is 4. The van der Waals surface area contributed by atoms with Gasteiger partial charge in [-0.15, -0.1) is 0 Å². The Morgan fingerprint density at radius 3 is 2.67 bits per heavy atom. The lowest BCUT2D eigenvalue weighted by Crippen LogP contribution is -2.44. The van der Waals surface area contributed by atoms with Crippen molar-refractivity contribution >= 4 is 29.6 Å². The molecule has 1 aliphatic carbocycles. The first-order valence-electron chi connectivity index (χ1n) is 19.4. The molecule has 0 spiro atoms. The molecule has 3 saturated heterocycles. The van der Waals surface area contributed by atoms with E-state index in [1.807, 2.05) is 30.8 Å². The highest BCUT2D eigenvalue weighted by Gasteiger charge is 2.42. The fourth-order valence-electron chi connectivity index (χ4n) is 7.90. The number of amides is 4. The second-order valence-corrected chi connectivity index (χ2v) is 16.2. The monoisotopic (exact) mass is 716 g/mol. The first kappa shape index (κ1) is 37.3. The smallest absolute Gasteiger partial charge is 0.315 e. The van der Waals surface area contributed by atoms with Crippen molar-refractivity contribution in [1.29, 1.82) is 0 Å². The van der Waals surface area contributed by atoms with Gasteiger partial charge in [0.05, 0.1) is 17.8 Å². The van der Waals surface area contributed by atoms with Crippen LogP contribution in [0.3, 0.4) is 0 Å². The molecule has 2 aromatic rings. The number of piperidine rings is 1. The Morgan fingerprint density at radius 1 is 1.04 bits per heavy atom. The van der Waals surface area contributed by atoms with Crippen molar-refractivity contribution in [3.8, 4) is 23.3 Å². The molecule has 4 aliphatic rings. The Kier molecular flexibility index (Phi) is 13.4.